The van der Waals surface area contributed by atoms with Gasteiger partial charge in [0.05, 0.1) is 5.69 Å². The Morgan fingerprint density at radius 2 is 2.09 bits per heavy atom. The highest BCUT2D eigenvalue weighted by molar-refractivity contribution is 7.13. The summed E-state index contributed by atoms with van der Waals surface area (Å²) in [6, 6.07) is 2.70. The van der Waals surface area contributed by atoms with Crippen LogP contribution in [0.15, 0.2) is 11.6 Å². The van der Waals surface area contributed by atoms with E-state index in [1.807, 2.05) is 25.4 Å². The summed E-state index contributed by atoms with van der Waals surface area (Å²) in [5.74, 6) is 0.721. The second-order valence-corrected chi connectivity index (χ2v) is 6.36. The van der Waals surface area contributed by atoms with Gasteiger partial charge in [0.15, 0.2) is 10.9 Å². The first kappa shape index (κ1) is 14.7. The summed E-state index contributed by atoms with van der Waals surface area (Å²) in [7, 11) is 0. The van der Waals surface area contributed by atoms with Gasteiger partial charge in [-0.1, -0.05) is 0 Å². The van der Waals surface area contributed by atoms with Crippen molar-refractivity contribution in [3.05, 3.63) is 28.4 Å². The highest BCUT2D eigenvalue weighted by atomic mass is 32.1. The average Bonchev–Trinajstić information content (AvgIpc) is 3.04. The maximum Gasteiger partial charge on any atom is 0.182 e. The van der Waals surface area contributed by atoms with Crippen LogP contribution in [-0.4, -0.2) is 34.3 Å². The van der Waals surface area contributed by atoms with E-state index in [0.717, 1.165) is 48.1 Å². The molecule has 114 valence electrons. The third-order valence-electron chi connectivity index (χ3n) is 4.10. The fourth-order valence-electron chi connectivity index (χ4n) is 2.66. The summed E-state index contributed by atoms with van der Waals surface area (Å²) in [4.78, 5) is 6.43. The number of aromatic nitrogens is 3. The third-order valence-corrected chi connectivity index (χ3v) is 4.81. The number of rotatable bonds is 3. The van der Waals surface area contributed by atoms with E-state index < -0.39 is 0 Å². The molecule has 0 aromatic carbocycles. The maximum atomic E-state index is 9.41. The lowest BCUT2D eigenvalue weighted by Crippen LogP contribution is -2.40. The molecule has 0 aliphatic carbocycles. The summed E-state index contributed by atoms with van der Waals surface area (Å²) in [5.41, 5.74) is 2.40. The average molecular weight is 314 g/mol. The van der Waals surface area contributed by atoms with Crippen molar-refractivity contribution in [3.8, 4) is 6.07 Å². The van der Waals surface area contributed by atoms with Crippen molar-refractivity contribution in [3.63, 3.8) is 0 Å². The SMILES string of the molecule is Cc1nnc(N2CCC(Nc3nccs3)CC2)c(C#N)c1C. The molecule has 7 heteroatoms. The first-order valence-electron chi connectivity index (χ1n) is 7.34. The zero-order chi connectivity index (χ0) is 15.5. The van der Waals surface area contributed by atoms with Crippen LogP contribution in [0.3, 0.4) is 0 Å². The number of piperidine rings is 1. The molecule has 1 saturated heterocycles. The molecular weight excluding hydrogens is 296 g/mol. The van der Waals surface area contributed by atoms with Crippen LogP contribution in [0.25, 0.3) is 0 Å². The van der Waals surface area contributed by atoms with Crippen LogP contribution in [-0.2, 0) is 0 Å². The molecule has 0 radical (unpaired) electrons. The van der Waals surface area contributed by atoms with Gasteiger partial charge in [-0.25, -0.2) is 4.98 Å². The van der Waals surface area contributed by atoms with Gasteiger partial charge in [-0.2, -0.15) is 10.4 Å². The molecule has 0 bridgehead atoms. The molecular formula is C15H18N6S. The lowest BCUT2D eigenvalue weighted by molar-refractivity contribution is 0.521. The molecule has 0 amide bonds. The Morgan fingerprint density at radius 3 is 2.73 bits per heavy atom. The molecule has 22 heavy (non-hydrogen) atoms. The second-order valence-electron chi connectivity index (χ2n) is 5.46. The van der Waals surface area contributed by atoms with E-state index in [1.54, 1.807) is 11.3 Å². The number of hydrogen-bond donors (Lipinski definition) is 1. The summed E-state index contributed by atoms with van der Waals surface area (Å²) in [6.45, 7) is 5.56. The largest absolute Gasteiger partial charge is 0.359 e. The molecule has 3 heterocycles. The molecule has 0 atom stereocenters. The number of hydrogen-bond acceptors (Lipinski definition) is 7. The van der Waals surface area contributed by atoms with E-state index in [2.05, 4.69) is 31.5 Å². The molecule has 1 N–H and O–H groups in total. The van der Waals surface area contributed by atoms with Gasteiger partial charge < -0.3 is 10.2 Å². The van der Waals surface area contributed by atoms with Gasteiger partial charge in [-0.3, -0.25) is 0 Å². The highest BCUT2D eigenvalue weighted by Crippen LogP contribution is 2.25. The molecule has 0 unspecified atom stereocenters. The van der Waals surface area contributed by atoms with Crippen LogP contribution in [0.1, 0.15) is 29.7 Å². The van der Waals surface area contributed by atoms with Crippen molar-refractivity contribution in [1.82, 2.24) is 15.2 Å². The van der Waals surface area contributed by atoms with Crippen molar-refractivity contribution in [2.75, 3.05) is 23.3 Å². The van der Waals surface area contributed by atoms with Gasteiger partial charge in [0.2, 0.25) is 0 Å². The normalized spacial score (nSPS) is 15.6. The van der Waals surface area contributed by atoms with Crippen LogP contribution in [0.4, 0.5) is 10.9 Å². The fourth-order valence-corrected chi connectivity index (χ4v) is 3.26. The smallest absolute Gasteiger partial charge is 0.182 e. The number of aryl methyl sites for hydroxylation is 1. The first-order chi connectivity index (χ1) is 10.7. The van der Waals surface area contributed by atoms with Crippen molar-refractivity contribution in [2.45, 2.75) is 32.7 Å². The van der Waals surface area contributed by atoms with Crippen LogP contribution in [0, 0.1) is 25.2 Å². The van der Waals surface area contributed by atoms with Crippen LogP contribution < -0.4 is 10.2 Å². The van der Waals surface area contributed by atoms with Crippen molar-refractivity contribution in [2.24, 2.45) is 0 Å². The number of nitriles is 1. The van der Waals surface area contributed by atoms with Crippen molar-refractivity contribution >= 4 is 22.3 Å². The first-order valence-corrected chi connectivity index (χ1v) is 8.22. The molecule has 2 aromatic rings. The monoisotopic (exact) mass is 314 g/mol. The summed E-state index contributed by atoms with van der Waals surface area (Å²) in [5, 5.41) is 24.3. The maximum absolute atomic E-state index is 9.41. The van der Waals surface area contributed by atoms with E-state index >= 15 is 0 Å². The zero-order valence-electron chi connectivity index (χ0n) is 12.7. The Hall–Kier alpha value is -2.20. The van der Waals surface area contributed by atoms with Gasteiger partial charge >= 0.3 is 0 Å². The Morgan fingerprint density at radius 1 is 1.32 bits per heavy atom. The second kappa shape index (κ2) is 6.28. The summed E-state index contributed by atoms with van der Waals surface area (Å²) < 4.78 is 0. The number of anilines is 2. The van der Waals surface area contributed by atoms with Crippen molar-refractivity contribution in [1.29, 1.82) is 5.26 Å². The summed E-state index contributed by atoms with van der Waals surface area (Å²) >= 11 is 1.62. The molecule has 2 aromatic heterocycles. The summed E-state index contributed by atoms with van der Waals surface area (Å²) in [6.07, 6.45) is 3.81. The molecule has 1 aliphatic heterocycles. The van der Waals surface area contributed by atoms with Gasteiger partial charge in [0, 0.05) is 30.7 Å². The van der Waals surface area contributed by atoms with E-state index in [9.17, 15) is 5.26 Å². The molecule has 0 saturated carbocycles. The van der Waals surface area contributed by atoms with Gasteiger partial charge in [0.1, 0.15) is 11.6 Å². The Labute approximate surface area is 133 Å². The van der Waals surface area contributed by atoms with Crippen LogP contribution in [0.2, 0.25) is 0 Å². The third kappa shape index (κ3) is 2.88. The zero-order valence-corrected chi connectivity index (χ0v) is 13.5. The molecule has 6 nitrogen and oxygen atoms in total. The van der Waals surface area contributed by atoms with Crippen molar-refractivity contribution < 1.29 is 0 Å². The molecule has 0 spiro atoms. The van der Waals surface area contributed by atoms with Crippen LogP contribution in [0.5, 0.6) is 0 Å². The predicted molar refractivity (Wildman–Crippen MR) is 87.2 cm³/mol. The van der Waals surface area contributed by atoms with Gasteiger partial charge in [-0.05, 0) is 32.3 Å². The Bertz CT molecular complexity index is 683. The fraction of sp³-hybridized carbons (Fsp3) is 0.467. The molecule has 1 fully saturated rings. The van der Waals surface area contributed by atoms with Crippen LogP contribution >= 0.6 is 11.3 Å². The lowest BCUT2D eigenvalue weighted by Gasteiger charge is -2.33. The minimum Gasteiger partial charge on any atom is -0.359 e. The Balaban J connectivity index is 1.69. The van der Waals surface area contributed by atoms with E-state index in [-0.39, 0.29) is 0 Å². The molecule has 3 rings (SSSR count). The van der Waals surface area contributed by atoms with E-state index in [4.69, 9.17) is 0 Å². The number of nitrogens with one attached hydrogen (secondary N) is 1. The quantitative estimate of drug-likeness (QED) is 0.938. The lowest BCUT2D eigenvalue weighted by atomic mass is 10.0. The minimum atomic E-state index is 0.424. The molecule has 1 aliphatic rings. The van der Waals surface area contributed by atoms with Gasteiger partial charge in [-0.15, -0.1) is 16.4 Å². The van der Waals surface area contributed by atoms with E-state index in [1.165, 1.54) is 0 Å². The van der Waals surface area contributed by atoms with E-state index in [0.29, 0.717) is 11.6 Å². The van der Waals surface area contributed by atoms with Gasteiger partial charge in [0.25, 0.3) is 0 Å². The minimum absolute atomic E-state index is 0.424. The topological polar surface area (TPSA) is 77.7 Å². The number of thiazole rings is 1. The number of nitrogens with zero attached hydrogens (tertiary/aromatic N) is 5. The predicted octanol–water partition coefficient (Wildman–Crippen LogP) is 2.50. The standard InChI is InChI=1S/C15H18N6S/c1-10-11(2)19-20-14(13(10)9-16)21-6-3-12(4-7-21)18-15-17-5-8-22-15/h5,8,12H,3-4,6-7H2,1-2H3,(H,17,18). The highest BCUT2D eigenvalue weighted by Gasteiger charge is 2.24. The Kier molecular flexibility index (Phi) is 4.20.